The average molecular weight is 297 g/mol. The minimum absolute atomic E-state index is 0.0607. The number of hydrogen-bond acceptors (Lipinski definition) is 3. The highest BCUT2D eigenvalue weighted by Crippen LogP contribution is 2.24. The predicted molar refractivity (Wildman–Crippen MR) is 69.0 cm³/mol. The van der Waals surface area contributed by atoms with Crippen LogP contribution in [-0.4, -0.2) is 24.2 Å². The standard InChI is InChI=1S/C12H13BrN2O2/c1-2-15(6-5-12(16)17)11-7-10(13)4-3-9(11)8-14/h3-4,7H,2,5-6H2,1H3,(H,16,17). The van der Waals surface area contributed by atoms with Crippen molar-refractivity contribution in [3.63, 3.8) is 0 Å². The molecule has 4 nitrogen and oxygen atoms in total. The summed E-state index contributed by atoms with van der Waals surface area (Å²) in [6.07, 6.45) is 0.0607. The summed E-state index contributed by atoms with van der Waals surface area (Å²) in [5.41, 5.74) is 1.33. The average Bonchev–Trinajstić information content (AvgIpc) is 2.30. The van der Waals surface area contributed by atoms with Gasteiger partial charge >= 0.3 is 5.97 Å². The summed E-state index contributed by atoms with van der Waals surface area (Å²) in [5.74, 6) is -0.836. The molecule has 0 aliphatic carbocycles. The summed E-state index contributed by atoms with van der Waals surface area (Å²) < 4.78 is 0.875. The van der Waals surface area contributed by atoms with Gasteiger partial charge in [-0.25, -0.2) is 0 Å². The number of aliphatic carboxylic acids is 1. The van der Waals surface area contributed by atoms with Gasteiger partial charge in [0, 0.05) is 17.6 Å². The van der Waals surface area contributed by atoms with Gasteiger partial charge in [-0.3, -0.25) is 4.79 Å². The van der Waals surface area contributed by atoms with Gasteiger partial charge in [-0.05, 0) is 25.1 Å². The van der Waals surface area contributed by atoms with Gasteiger partial charge < -0.3 is 10.0 Å². The number of carbonyl (C=O) groups is 1. The predicted octanol–water partition coefficient (Wildman–Crippen LogP) is 2.62. The van der Waals surface area contributed by atoms with E-state index in [0.29, 0.717) is 18.7 Å². The quantitative estimate of drug-likeness (QED) is 0.907. The lowest BCUT2D eigenvalue weighted by atomic mass is 10.1. The topological polar surface area (TPSA) is 64.3 Å². The number of nitrogens with zero attached hydrogens (tertiary/aromatic N) is 2. The number of carboxylic acids is 1. The molecule has 0 saturated carbocycles. The van der Waals surface area contributed by atoms with Crippen molar-refractivity contribution < 1.29 is 9.90 Å². The highest BCUT2D eigenvalue weighted by Gasteiger charge is 2.11. The van der Waals surface area contributed by atoms with E-state index in [0.717, 1.165) is 10.2 Å². The second-order valence-electron chi connectivity index (χ2n) is 3.50. The van der Waals surface area contributed by atoms with Gasteiger partial charge in [0.1, 0.15) is 6.07 Å². The molecule has 0 saturated heterocycles. The molecule has 1 rings (SSSR count). The van der Waals surface area contributed by atoms with Crippen molar-refractivity contribution in [2.24, 2.45) is 0 Å². The van der Waals surface area contributed by atoms with Crippen LogP contribution in [0.4, 0.5) is 5.69 Å². The maximum Gasteiger partial charge on any atom is 0.305 e. The third-order valence-corrected chi connectivity index (χ3v) is 2.89. The number of benzene rings is 1. The molecule has 0 spiro atoms. The second kappa shape index (κ2) is 6.26. The lowest BCUT2D eigenvalue weighted by Crippen LogP contribution is -2.26. The molecule has 0 aromatic heterocycles. The Morgan fingerprint density at radius 3 is 2.82 bits per heavy atom. The van der Waals surface area contributed by atoms with Crippen LogP contribution in [-0.2, 0) is 4.79 Å². The molecular weight excluding hydrogens is 284 g/mol. The van der Waals surface area contributed by atoms with Crippen LogP contribution in [0.3, 0.4) is 0 Å². The highest BCUT2D eigenvalue weighted by molar-refractivity contribution is 9.10. The van der Waals surface area contributed by atoms with E-state index in [-0.39, 0.29) is 6.42 Å². The molecule has 0 radical (unpaired) electrons. The van der Waals surface area contributed by atoms with Crippen molar-refractivity contribution in [3.8, 4) is 6.07 Å². The van der Waals surface area contributed by atoms with Crippen LogP contribution in [0.5, 0.6) is 0 Å². The molecule has 90 valence electrons. The fraction of sp³-hybridized carbons (Fsp3) is 0.333. The molecule has 0 bridgehead atoms. The Morgan fingerprint density at radius 1 is 1.59 bits per heavy atom. The molecule has 0 aliphatic rings. The largest absolute Gasteiger partial charge is 0.481 e. The molecule has 0 amide bonds. The summed E-state index contributed by atoms with van der Waals surface area (Å²) in [6.45, 7) is 3.00. The number of anilines is 1. The first-order valence-electron chi connectivity index (χ1n) is 5.25. The molecule has 1 N–H and O–H groups in total. The van der Waals surface area contributed by atoms with E-state index in [4.69, 9.17) is 10.4 Å². The summed E-state index contributed by atoms with van der Waals surface area (Å²) in [6, 6.07) is 7.48. The Bertz CT molecular complexity index is 454. The molecule has 5 heteroatoms. The zero-order valence-corrected chi connectivity index (χ0v) is 11.1. The fourth-order valence-electron chi connectivity index (χ4n) is 1.54. The van der Waals surface area contributed by atoms with E-state index in [1.807, 2.05) is 17.9 Å². The maximum absolute atomic E-state index is 10.6. The SMILES string of the molecule is CCN(CCC(=O)O)c1cc(Br)ccc1C#N. The van der Waals surface area contributed by atoms with E-state index >= 15 is 0 Å². The lowest BCUT2D eigenvalue weighted by molar-refractivity contribution is -0.136. The zero-order valence-electron chi connectivity index (χ0n) is 9.48. The summed E-state index contributed by atoms with van der Waals surface area (Å²) in [4.78, 5) is 12.5. The van der Waals surface area contributed by atoms with E-state index in [1.165, 1.54) is 0 Å². The second-order valence-corrected chi connectivity index (χ2v) is 4.41. The Hall–Kier alpha value is -1.54. The van der Waals surface area contributed by atoms with Crippen molar-refractivity contribution in [2.75, 3.05) is 18.0 Å². The van der Waals surface area contributed by atoms with Gasteiger partial charge in [-0.15, -0.1) is 0 Å². The first-order valence-corrected chi connectivity index (χ1v) is 6.04. The van der Waals surface area contributed by atoms with E-state index in [1.54, 1.807) is 12.1 Å². The Balaban J connectivity index is 2.98. The fourth-order valence-corrected chi connectivity index (χ4v) is 1.89. The van der Waals surface area contributed by atoms with Crippen molar-refractivity contribution in [3.05, 3.63) is 28.2 Å². The third-order valence-electron chi connectivity index (χ3n) is 2.40. The maximum atomic E-state index is 10.6. The lowest BCUT2D eigenvalue weighted by Gasteiger charge is -2.23. The number of rotatable bonds is 5. The number of carboxylic acid groups (broad SMARTS) is 1. The van der Waals surface area contributed by atoms with Gasteiger partial charge in [-0.2, -0.15) is 5.26 Å². The van der Waals surface area contributed by atoms with Gasteiger partial charge in [0.2, 0.25) is 0 Å². The van der Waals surface area contributed by atoms with Crippen LogP contribution in [0.2, 0.25) is 0 Å². The van der Waals surface area contributed by atoms with E-state index < -0.39 is 5.97 Å². The van der Waals surface area contributed by atoms with Crippen molar-refractivity contribution in [1.29, 1.82) is 5.26 Å². The first-order chi connectivity index (χ1) is 8.08. The van der Waals surface area contributed by atoms with Gasteiger partial charge in [0.15, 0.2) is 0 Å². The first kappa shape index (κ1) is 13.5. The number of hydrogen-bond donors (Lipinski definition) is 1. The van der Waals surface area contributed by atoms with Crippen molar-refractivity contribution in [1.82, 2.24) is 0 Å². The Kier molecular flexibility index (Phi) is 4.98. The van der Waals surface area contributed by atoms with Crippen molar-refractivity contribution >= 4 is 27.6 Å². The molecule has 0 unspecified atom stereocenters. The van der Waals surface area contributed by atoms with E-state index in [2.05, 4.69) is 22.0 Å². The molecular formula is C12H13BrN2O2. The molecule has 1 aromatic rings. The van der Waals surface area contributed by atoms with E-state index in [9.17, 15) is 4.79 Å². The summed E-state index contributed by atoms with van der Waals surface area (Å²) in [5, 5.41) is 17.7. The minimum atomic E-state index is -0.836. The number of nitriles is 1. The minimum Gasteiger partial charge on any atom is -0.481 e. The van der Waals surface area contributed by atoms with Gasteiger partial charge in [0.25, 0.3) is 0 Å². The van der Waals surface area contributed by atoms with Crippen molar-refractivity contribution in [2.45, 2.75) is 13.3 Å². The van der Waals surface area contributed by atoms with Crippen LogP contribution in [0, 0.1) is 11.3 Å². The summed E-state index contributed by atoms with van der Waals surface area (Å²) in [7, 11) is 0. The zero-order chi connectivity index (χ0) is 12.8. The van der Waals surface area contributed by atoms with Crippen LogP contribution in [0.25, 0.3) is 0 Å². The summed E-state index contributed by atoms with van der Waals surface area (Å²) >= 11 is 3.35. The van der Waals surface area contributed by atoms with Gasteiger partial charge in [0.05, 0.1) is 17.7 Å². The smallest absolute Gasteiger partial charge is 0.305 e. The highest BCUT2D eigenvalue weighted by atomic mass is 79.9. The molecule has 0 atom stereocenters. The van der Waals surface area contributed by atoms with Crippen LogP contribution in [0.15, 0.2) is 22.7 Å². The molecule has 17 heavy (non-hydrogen) atoms. The van der Waals surface area contributed by atoms with Crippen LogP contribution < -0.4 is 4.90 Å². The molecule has 1 aromatic carbocycles. The Labute approximate surface area is 109 Å². The van der Waals surface area contributed by atoms with Gasteiger partial charge in [-0.1, -0.05) is 15.9 Å². The monoisotopic (exact) mass is 296 g/mol. The van der Waals surface area contributed by atoms with Crippen LogP contribution in [0.1, 0.15) is 18.9 Å². The molecule has 0 aliphatic heterocycles. The molecule has 0 fully saturated rings. The van der Waals surface area contributed by atoms with Crippen LogP contribution >= 0.6 is 15.9 Å². The molecule has 0 heterocycles. The normalized spacial score (nSPS) is 9.71. The third kappa shape index (κ3) is 3.75. The Morgan fingerprint density at radius 2 is 2.29 bits per heavy atom. The number of halogens is 1.